The van der Waals surface area contributed by atoms with E-state index in [-0.39, 0.29) is 11.7 Å². The molecule has 0 aromatic heterocycles. The van der Waals surface area contributed by atoms with Crippen molar-refractivity contribution < 1.29 is 18.0 Å². The van der Waals surface area contributed by atoms with Gasteiger partial charge in [0.2, 0.25) is 0 Å². The SMILES string of the molecule is CC1CCN([C@H](C)CNC(=O)Nc2ccccc2C(F)(F)F)CC1. The summed E-state index contributed by atoms with van der Waals surface area (Å²) in [7, 11) is 0. The maximum atomic E-state index is 12.9. The van der Waals surface area contributed by atoms with Gasteiger partial charge in [-0.15, -0.1) is 0 Å². The van der Waals surface area contributed by atoms with Crippen LogP contribution >= 0.6 is 0 Å². The molecule has 0 unspecified atom stereocenters. The van der Waals surface area contributed by atoms with Crippen LogP contribution in [-0.2, 0) is 6.18 Å². The Balaban J connectivity index is 1.86. The lowest BCUT2D eigenvalue weighted by atomic mass is 9.98. The number of likely N-dealkylation sites (tertiary alicyclic amines) is 1. The molecule has 1 saturated heterocycles. The first-order valence-corrected chi connectivity index (χ1v) is 8.22. The van der Waals surface area contributed by atoms with Crippen molar-refractivity contribution >= 4 is 11.7 Å². The van der Waals surface area contributed by atoms with Crippen LogP contribution in [0.5, 0.6) is 0 Å². The van der Waals surface area contributed by atoms with Crippen molar-refractivity contribution in [3.8, 4) is 0 Å². The third-order valence-electron chi connectivity index (χ3n) is 4.48. The summed E-state index contributed by atoms with van der Waals surface area (Å²) in [5.41, 5.74) is -1.08. The standard InChI is InChI=1S/C17H24F3N3O/c1-12-7-9-23(10-8-12)13(2)11-21-16(24)22-15-6-4-3-5-14(15)17(18,19)20/h3-6,12-13H,7-11H2,1-2H3,(H2,21,22,24)/t13-/m1/s1. The molecule has 1 heterocycles. The zero-order valence-corrected chi connectivity index (χ0v) is 14.0. The summed E-state index contributed by atoms with van der Waals surface area (Å²) < 4.78 is 38.7. The molecule has 134 valence electrons. The highest BCUT2D eigenvalue weighted by Crippen LogP contribution is 2.34. The molecule has 2 N–H and O–H groups in total. The second kappa shape index (κ2) is 7.88. The number of nitrogens with zero attached hydrogens (tertiary/aromatic N) is 1. The topological polar surface area (TPSA) is 44.4 Å². The number of anilines is 1. The zero-order chi connectivity index (χ0) is 17.7. The van der Waals surface area contributed by atoms with Crippen LogP contribution in [0.4, 0.5) is 23.7 Å². The first-order valence-electron chi connectivity index (χ1n) is 8.22. The molecule has 2 rings (SSSR count). The van der Waals surface area contributed by atoms with E-state index in [0.29, 0.717) is 6.54 Å². The molecular weight excluding hydrogens is 319 g/mol. The lowest BCUT2D eigenvalue weighted by Gasteiger charge is -2.35. The van der Waals surface area contributed by atoms with E-state index in [9.17, 15) is 18.0 Å². The second-order valence-corrected chi connectivity index (χ2v) is 6.45. The average Bonchev–Trinajstić information content (AvgIpc) is 2.53. The maximum Gasteiger partial charge on any atom is 0.418 e. The number of alkyl halides is 3. The summed E-state index contributed by atoms with van der Waals surface area (Å²) in [4.78, 5) is 14.2. The molecule has 1 aliphatic heterocycles. The second-order valence-electron chi connectivity index (χ2n) is 6.45. The van der Waals surface area contributed by atoms with E-state index >= 15 is 0 Å². The number of amides is 2. The lowest BCUT2D eigenvalue weighted by molar-refractivity contribution is -0.136. The third-order valence-corrected chi connectivity index (χ3v) is 4.48. The number of hydrogen-bond donors (Lipinski definition) is 2. The van der Waals surface area contributed by atoms with Crippen molar-refractivity contribution in [2.24, 2.45) is 5.92 Å². The number of halogens is 3. The largest absolute Gasteiger partial charge is 0.418 e. The van der Waals surface area contributed by atoms with Crippen LogP contribution in [0.2, 0.25) is 0 Å². The number of nitrogens with one attached hydrogen (secondary N) is 2. The Morgan fingerprint density at radius 3 is 2.54 bits per heavy atom. The van der Waals surface area contributed by atoms with Gasteiger partial charge in [-0.2, -0.15) is 13.2 Å². The minimum atomic E-state index is -4.50. The summed E-state index contributed by atoms with van der Waals surface area (Å²) >= 11 is 0. The molecule has 0 radical (unpaired) electrons. The van der Waals surface area contributed by atoms with Crippen LogP contribution in [-0.4, -0.2) is 36.6 Å². The number of urea groups is 1. The van der Waals surface area contributed by atoms with Gasteiger partial charge in [0.05, 0.1) is 11.3 Å². The van der Waals surface area contributed by atoms with Gasteiger partial charge in [-0.25, -0.2) is 4.79 Å². The molecule has 1 atom stereocenters. The van der Waals surface area contributed by atoms with E-state index < -0.39 is 17.8 Å². The molecule has 1 fully saturated rings. The zero-order valence-electron chi connectivity index (χ0n) is 14.0. The van der Waals surface area contributed by atoms with Crippen molar-refractivity contribution in [1.82, 2.24) is 10.2 Å². The number of para-hydroxylation sites is 1. The van der Waals surface area contributed by atoms with Crippen LogP contribution in [0.15, 0.2) is 24.3 Å². The molecule has 2 amide bonds. The molecule has 7 heteroatoms. The number of piperidine rings is 1. The van der Waals surface area contributed by atoms with Crippen LogP contribution in [0.3, 0.4) is 0 Å². The molecule has 0 saturated carbocycles. The fourth-order valence-electron chi connectivity index (χ4n) is 2.84. The minimum Gasteiger partial charge on any atom is -0.336 e. The number of carbonyl (C=O) groups excluding carboxylic acids is 1. The van der Waals surface area contributed by atoms with Crippen molar-refractivity contribution in [3.05, 3.63) is 29.8 Å². The molecule has 0 spiro atoms. The predicted octanol–water partition coefficient (Wildman–Crippen LogP) is 3.95. The van der Waals surface area contributed by atoms with Crippen LogP contribution < -0.4 is 10.6 Å². The van der Waals surface area contributed by atoms with E-state index in [1.165, 1.54) is 18.2 Å². The minimum absolute atomic E-state index is 0.154. The quantitative estimate of drug-likeness (QED) is 0.869. The Hall–Kier alpha value is -1.76. The highest BCUT2D eigenvalue weighted by atomic mass is 19.4. The average molecular weight is 343 g/mol. The summed E-state index contributed by atoms with van der Waals surface area (Å²) in [5, 5.41) is 4.95. The van der Waals surface area contributed by atoms with E-state index in [1.807, 2.05) is 6.92 Å². The van der Waals surface area contributed by atoms with Crippen molar-refractivity contribution in [3.63, 3.8) is 0 Å². The number of rotatable bonds is 4. The Kier molecular flexibility index (Phi) is 6.10. The van der Waals surface area contributed by atoms with Crippen molar-refractivity contribution in [2.75, 3.05) is 25.0 Å². The number of benzene rings is 1. The molecule has 1 aromatic carbocycles. The predicted molar refractivity (Wildman–Crippen MR) is 87.9 cm³/mol. The van der Waals surface area contributed by atoms with Gasteiger partial charge in [0.1, 0.15) is 0 Å². The smallest absolute Gasteiger partial charge is 0.336 e. The Bertz CT molecular complexity index is 554. The van der Waals surface area contributed by atoms with Gasteiger partial charge in [-0.05, 0) is 50.9 Å². The van der Waals surface area contributed by atoms with Gasteiger partial charge in [0.15, 0.2) is 0 Å². The summed E-state index contributed by atoms with van der Waals surface area (Å²) in [5.74, 6) is 0.726. The Morgan fingerprint density at radius 1 is 1.29 bits per heavy atom. The van der Waals surface area contributed by atoms with Gasteiger partial charge >= 0.3 is 12.2 Å². The molecular formula is C17H24F3N3O. The van der Waals surface area contributed by atoms with E-state index in [2.05, 4.69) is 22.5 Å². The fraction of sp³-hybridized carbons (Fsp3) is 0.588. The van der Waals surface area contributed by atoms with Gasteiger partial charge in [-0.3, -0.25) is 4.90 Å². The van der Waals surface area contributed by atoms with Gasteiger partial charge in [0, 0.05) is 12.6 Å². The molecule has 0 aliphatic carbocycles. The normalized spacial score (nSPS) is 18.2. The van der Waals surface area contributed by atoms with E-state index in [1.54, 1.807) is 0 Å². The molecule has 1 aliphatic rings. The highest BCUT2D eigenvalue weighted by molar-refractivity contribution is 5.90. The van der Waals surface area contributed by atoms with Crippen molar-refractivity contribution in [1.29, 1.82) is 0 Å². The monoisotopic (exact) mass is 343 g/mol. The summed E-state index contributed by atoms with van der Waals surface area (Å²) in [6.07, 6.45) is -2.23. The molecule has 24 heavy (non-hydrogen) atoms. The summed E-state index contributed by atoms with van der Waals surface area (Å²) in [6, 6.07) is 4.49. The lowest BCUT2D eigenvalue weighted by Crippen LogP contribution is -2.46. The highest BCUT2D eigenvalue weighted by Gasteiger charge is 2.33. The number of carbonyl (C=O) groups is 1. The first-order chi connectivity index (χ1) is 11.3. The Morgan fingerprint density at radius 2 is 1.92 bits per heavy atom. The number of hydrogen-bond acceptors (Lipinski definition) is 2. The fourth-order valence-corrected chi connectivity index (χ4v) is 2.84. The first kappa shape index (κ1) is 18.6. The van der Waals surface area contributed by atoms with Crippen LogP contribution in [0, 0.1) is 5.92 Å². The molecule has 1 aromatic rings. The maximum absolute atomic E-state index is 12.9. The van der Waals surface area contributed by atoms with Crippen molar-refractivity contribution in [2.45, 2.75) is 38.9 Å². The van der Waals surface area contributed by atoms with Crippen LogP contribution in [0.1, 0.15) is 32.3 Å². The van der Waals surface area contributed by atoms with Crippen LogP contribution in [0.25, 0.3) is 0 Å². The van der Waals surface area contributed by atoms with Gasteiger partial charge in [-0.1, -0.05) is 19.1 Å². The van der Waals surface area contributed by atoms with E-state index in [4.69, 9.17) is 0 Å². The molecule has 0 bridgehead atoms. The van der Waals surface area contributed by atoms with E-state index in [0.717, 1.165) is 37.9 Å². The van der Waals surface area contributed by atoms with Gasteiger partial charge in [0.25, 0.3) is 0 Å². The summed E-state index contributed by atoms with van der Waals surface area (Å²) in [6.45, 7) is 6.62. The third kappa shape index (κ3) is 5.12. The molecule has 4 nitrogen and oxygen atoms in total. The van der Waals surface area contributed by atoms with Gasteiger partial charge < -0.3 is 10.6 Å². The Labute approximate surface area is 140 Å².